The van der Waals surface area contributed by atoms with E-state index in [1.807, 2.05) is 0 Å². The second-order valence-electron chi connectivity index (χ2n) is 3.52. The first-order chi connectivity index (χ1) is 8.02. The largest absolute Gasteiger partial charge is 0.489 e. The van der Waals surface area contributed by atoms with Gasteiger partial charge in [-0.05, 0) is 6.08 Å². The van der Waals surface area contributed by atoms with Crippen LogP contribution in [0.3, 0.4) is 0 Å². The minimum Gasteiger partial charge on any atom is -0.489 e. The molecule has 0 bridgehead atoms. The maximum absolute atomic E-state index is 11.4. The molecule has 1 aromatic heterocycles. The zero-order valence-electron chi connectivity index (χ0n) is 9.00. The van der Waals surface area contributed by atoms with Gasteiger partial charge in [0.15, 0.2) is 15.7 Å². The lowest BCUT2D eigenvalue weighted by Gasteiger charge is -2.12. The fourth-order valence-electron chi connectivity index (χ4n) is 1.52. The third-order valence-electron chi connectivity index (χ3n) is 2.27. The number of methoxy groups -OCH3 is 1. The predicted molar refractivity (Wildman–Crippen MR) is 61.7 cm³/mol. The van der Waals surface area contributed by atoms with Crippen molar-refractivity contribution >= 4 is 15.7 Å². The van der Waals surface area contributed by atoms with Crippen LogP contribution >= 0.6 is 0 Å². The van der Waals surface area contributed by atoms with Crippen molar-refractivity contribution in [3.05, 3.63) is 28.2 Å². The molecule has 17 heavy (non-hydrogen) atoms. The van der Waals surface area contributed by atoms with Crippen LogP contribution in [0.15, 0.2) is 22.6 Å². The third kappa shape index (κ3) is 2.47. The zero-order valence-corrected chi connectivity index (χ0v) is 9.82. The number of aromatic nitrogens is 2. The minimum absolute atomic E-state index is 0.0326. The Morgan fingerprint density at radius 3 is 2.94 bits per heavy atom. The van der Waals surface area contributed by atoms with Crippen molar-refractivity contribution in [1.82, 2.24) is 9.97 Å². The van der Waals surface area contributed by atoms with E-state index in [9.17, 15) is 13.2 Å². The fourth-order valence-corrected chi connectivity index (χ4v) is 2.76. The lowest BCUT2D eigenvalue weighted by atomic mass is 10.3. The molecule has 1 aliphatic rings. The molecule has 2 N–H and O–H groups in total. The number of ether oxygens (including phenoxy) is 1. The van der Waals surface area contributed by atoms with Gasteiger partial charge in [0.1, 0.15) is 0 Å². The highest BCUT2D eigenvalue weighted by atomic mass is 32.2. The highest BCUT2D eigenvalue weighted by Crippen LogP contribution is 2.18. The summed E-state index contributed by atoms with van der Waals surface area (Å²) in [6.07, 6.45) is 2.73. The van der Waals surface area contributed by atoms with E-state index in [-0.39, 0.29) is 17.3 Å². The van der Waals surface area contributed by atoms with Gasteiger partial charge in [-0.2, -0.15) is 0 Å². The smallest absolute Gasteiger partial charge is 0.295 e. The maximum atomic E-state index is 11.4. The summed E-state index contributed by atoms with van der Waals surface area (Å²) in [5.74, 6) is 0.207. The molecule has 0 saturated carbocycles. The van der Waals surface area contributed by atoms with E-state index >= 15 is 0 Å². The molecule has 1 aliphatic heterocycles. The molecule has 1 atom stereocenters. The van der Waals surface area contributed by atoms with E-state index in [2.05, 4.69) is 15.3 Å². The Hall–Kier alpha value is -1.83. The van der Waals surface area contributed by atoms with E-state index in [4.69, 9.17) is 4.74 Å². The van der Waals surface area contributed by atoms with Crippen molar-refractivity contribution in [3.63, 3.8) is 0 Å². The summed E-state index contributed by atoms with van der Waals surface area (Å²) < 4.78 is 27.3. The van der Waals surface area contributed by atoms with Gasteiger partial charge < -0.3 is 15.0 Å². The van der Waals surface area contributed by atoms with E-state index in [0.29, 0.717) is 0 Å². The molecule has 2 heterocycles. The minimum atomic E-state index is -3.14. The molecular weight excluding hydrogens is 246 g/mol. The van der Waals surface area contributed by atoms with Crippen LogP contribution in [0.2, 0.25) is 0 Å². The van der Waals surface area contributed by atoms with Gasteiger partial charge in [-0.1, -0.05) is 0 Å². The van der Waals surface area contributed by atoms with Crippen LogP contribution in [-0.2, 0) is 9.84 Å². The molecule has 7 nitrogen and oxygen atoms in total. The summed E-state index contributed by atoms with van der Waals surface area (Å²) in [5.41, 5.74) is -0.421. The van der Waals surface area contributed by atoms with Crippen LogP contribution in [-0.4, -0.2) is 37.3 Å². The van der Waals surface area contributed by atoms with E-state index in [0.717, 1.165) is 5.41 Å². The summed E-state index contributed by atoms with van der Waals surface area (Å²) in [4.78, 5) is 17.6. The second-order valence-corrected chi connectivity index (χ2v) is 5.45. The van der Waals surface area contributed by atoms with Gasteiger partial charge in [0, 0.05) is 5.41 Å². The Labute approximate surface area is 97.5 Å². The topological polar surface area (TPSA) is 101 Å². The Morgan fingerprint density at radius 2 is 2.35 bits per heavy atom. The standard InChI is InChI=1S/C9H11N3O4S/c1-16-7-8(10-5-11-9(7)13)12-6-2-3-17(14,15)4-6/h2-3,5-6H,4H2,1H3,(H2,10,11,12,13). The highest BCUT2D eigenvalue weighted by Gasteiger charge is 2.23. The Balaban J connectivity index is 2.24. The number of nitrogens with zero attached hydrogens (tertiary/aromatic N) is 1. The number of rotatable bonds is 3. The Morgan fingerprint density at radius 1 is 1.59 bits per heavy atom. The lowest BCUT2D eigenvalue weighted by Crippen LogP contribution is -2.24. The van der Waals surface area contributed by atoms with Crippen molar-refractivity contribution in [2.75, 3.05) is 18.2 Å². The molecule has 1 aromatic rings. The molecule has 2 rings (SSSR count). The molecule has 0 fully saturated rings. The fraction of sp³-hybridized carbons (Fsp3) is 0.333. The normalized spacial score (nSPS) is 21.4. The van der Waals surface area contributed by atoms with Gasteiger partial charge in [-0.3, -0.25) is 4.79 Å². The molecule has 0 aromatic carbocycles. The van der Waals surface area contributed by atoms with Crippen LogP contribution in [0.4, 0.5) is 5.82 Å². The lowest BCUT2D eigenvalue weighted by molar-refractivity contribution is 0.408. The van der Waals surface area contributed by atoms with Gasteiger partial charge >= 0.3 is 0 Å². The summed E-state index contributed by atoms with van der Waals surface area (Å²) in [6.45, 7) is 0. The van der Waals surface area contributed by atoms with E-state index in [1.165, 1.54) is 19.5 Å². The highest BCUT2D eigenvalue weighted by molar-refractivity contribution is 7.94. The number of nitrogens with one attached hydrogen (secondary N) is 2. The summed E-state index contributed by atoms with van der Waals surface area (Å²) >= 11 is 0. The molecule has 0 saturated heterocycles. The quantitative estimate of drug-likeness (QED) is 0.757. The van der Waals surface area contributed by atoms with Crippen molar-refractivity contribution in [2.45, 2.75) is 6.04 Å². The average Bonchev–Trinajstić information content (AvgIpc) is 2.58. The van der Waals surface area contributed by atoms with Crippen molar-refractivity contribution in [2.24, 2.45) is 0 Å². The van der Waals surface area contributed by atoms with Crippen LogP contribution in [0.1, 0.15) is 0 Å². The number of sulfone groups is 1. The van der Waals surface area contributed by atoms with Gasteiger partial charge in [0.25, 0.3) is 5.56 Å². The first-order valence-corrected chi connectivity index (χ1v) is 6.52. The molecule has 0 spiro atoms. The molecule has 92 valence electrons. The Bertz CT molecular complexity index is 605. The van der Waals surface area contributed by atoms with Crippen LogP contribution in [0.5, 0.6) is 5.75 Å². The molecule has 0 aliphatic carbocycles. The molecule has 0 amide bonds. The van der Waals surface area contributed by atoms with Crippen LogP contribution in [0, 0.1) is 0 Å². The first-order valence-electron chi connectivity index (χ1n) is 4.81. The van der Waals surface area contributed by atoms with Crippen LogP contribution in [0.25, 0.3) is 0 Å². The second kappa shape index (κ2) is 4.21. The monoisotopic (exact) mass is 257 g/mol. The predicted octanol–water partition coefficient (Wildman–Crippen LogP) is -0.499. The van der Waals surface area contributed by atoms with Crippen molar-refractivity contribution in [3.8, 4) is 5.75 Å². The number of H-pyrrole nitrogens is 1. The molecular formula is C9H11N3O4S. The van der Waals surface area contributed by atoms with Gasteiger partial charge in [0.05, 0.1) is 25.2 Å². The van der Waals surface area contributed by atoms with Gasteiger partial charge in [-0.15, -0.1) is 0 Å². The van der Waals surface area contributed by atoms with Gasteiger partial charge in [0.2, 0.25) is 5.75 Å². The van der Waals surface area contributed by atoms with E-state index in [1.54, 1.807) is 0 Å². The molecule has 1 unspecified atom stereocenters. The first kappa shape index (κ1) is 11.6. The summed E-state index contributed by atoms with van der Waals surface area (Å²) in [7, 11) is -1.80. The molecule has 8 heteroatoms. The van der Waals surface area contributed by atoms with Gasteiger partial charge in [-0.25, -0.2) is 13.4 Å². The number of hydrogen-bond donors (Lipinski definition) is 2. The summed E-state index contributed by atoms with van der Waals surface area (Å²) in [5, 5.41) is 3.98. The van der Waals surface area contributed by atoms with Crippen LogP contribution < -0.4 is 15.6 Å². The zero-order chi connectivity index (χ0) is 12.5. The SMILES string of the molecule is COc1c(NC2C=CS(=O)(=O)C2)nc[nH]c1=O. The van der Waals surface area contributed by atoms with Crippen molar-refractivity contribution < 1.29 is 13.2 Å². The number of anilines is 1. The molecule has 0 radical (unpaired) electrons. The number of hydrogen-bond acceptors (Lipinski definition) is 6. The number of aromatic amines is 1. The summed E-state index contributed by atoms with van der Waals surface area (Å²) in [6, 6.07) is -0.400. The maximum Gasteiger partial charge on any atom is 0.295 e. The van der Waals surface area contributed by atoms with Crippen molar-refractivity contribution in [1.29, 1.82) is 0 Å². The average molecular weight is 257 g/mol. The van der Waals surface area contributed by atoms with E-state index < -0.39 is 21.4 Å². The third-order valence-corrected chi connectivity index (χ3v) is 3.66. The Kier molecular flexibility index (Phi) is 2.88.